The Kier molecular flexibility index (Phi) is 6.87. The number of phenolic OH excluding ortho intramolecular Hbond substituents is 1. The van der Waals surface area contributed by atoms with Gasteiger partial charge in [-0.1, -0.05) is 68.4 Å². The first kappa shape index (κ1) is 23.7. The lowest BCUT2D eigenvalue weighted by molar-refractivity contribution is -0.123. The summed E-state index contributed by atoms with van der Waals surface area (Å²) in [6, 6.07) is 21.8. The van der Waals surface area contributed by atoms with Gasteiger partial charge in [0.15, 0.2) is 0 Å². The van der Waals surface area contributed by atoms with Crippen molar-refractivity contribution in [2.45, 2.75) is 64.0 Å². The van der Waals surface area contributed by atoms with Crippen molar-refractivity contribution in [2.75, 3.05) is 0 Å². The van der Waals surface area contributed by atoms with Gasteiger partial charge < -0.3 is 10.4 Å². The average molecular weight is 455 g/mol. The number of nitrogens with zero attached hydrogens (tertiary/aromatic N) is 1. The van der Waals surface area contributed by atoms with Crippen molar-refractivity contribution in [3.8, 4) is 5.75 Å². The predicted octanol–water partition coefficient (Wildman–Crippen LogP) is 5.83. The fourth-order valence-electron chi connectivity index (χ4n) is 5.03. The normalized spacial score (nSPS) is 17.4. The lowest BCUT2D eigenvalue weighted by Gasteiger charge is -2.38. The molecule has 0 aliphatic heterocycles. The van der Waals surface area contributed by atoms with E-state index in [1.54, 1.807) is 12.1 Å². The molecule has 0 spiro atoms. The lowest BCUT2D eigenvalue weighted by atomic mass is 9.70. The summed E-state index contributed by atoms with van der Waals surface area (Å²) >= 11 is 0. The number of aromatic hydroxyl groups is 1. The summed E-state index contributed by atoms with van der Waals surface area (Å²) in [6.45, 7) is 10.2. The van der Waals surface area contributed by atoms with E-state index in [1.807, 2.05) is 19.1 Å². The van der Waals surface area contributed by atoms with Gasteiger partial charge >= 0.3 is 0 Å². The van der Waals surface area contributed by atoms with Crippen LogP contribution in [0.4, 0.5) is 0 Å². The number of nitrogens with one attached hydrogen (secondary N) is 1. The minimum absolute atomic E-state index is 0.0450. The number of amides is 1. The van der Waals surface area contributed by atoms with Crippen LogP contribution >= 0.6 is 0 Å². The first-order chi connectivity index (χ1) is 16.3. The molecule has 1 aliphatic rings. The van der Waals surface area contributed by atoms with Crippen molar-refractivity contribution >= 4 is 12.6 Å². The molecule has 0 fully saturated rings. The monoisotopic (exact) mass is 454 g/mol. The standard InChI is InChI=1S/C30H34N2O2/c1-20-16-24(33)12-11-23(20)19-28(31-4)29(34)32-27-14-15-30(2,3)26-13-10-22(18-25(26)27)17-21-8-6-5-7-9-21/h5-13,16,18,27-28,33H,4,14-15,17,19H2,1-3H3,(H,32,34)/t27-,28+/m1/s1. The molecule has 0 radical (unpaired) electrons. The molecule has 4 nitrogen and oxygen atoms in total. The second-order valence-corrected chi connectivity index (χ2v) is 10.1. The van der Waals surface area contributed by atoms with Gasteiger partial charge in [-0.3, -0.25) is 9.79 Å². The number of carbonyl (C=O) groups is 1. The van der Waals surface area contributed by atoms with Gasteiger partial charge in [0.05, 0.1) is 6.04 Å². The molecular weight excluding hydrogens is 420 g/mol. The van der Waals surface area contributed by atoms with Crippen LogP contribution in [0, 0.1) is 6.92 Å². The van der Waals surface area contributed by atoms with E-state index in [9.17, 15) is 9.90 Å². The Hall–Kier alpha value is -3.40. The van der Waals surface area contributed by atoms with Crippen LogP contribution in [0.15, 0.2) is 71.7 Å². The van der Waals surface area contributed by atoms with Crippen LogP contribution in [0.1, 0.15) is 66.1 Å². The van der Waals surface area contributed by atoms with Gasteiger partial charge in [-0.25, -0.2) is 0 Å². The summed E-state index contributed by atoms with van der Waals surface area (Å²) in [4.78, 5) is 17.4. The molecular formula is C30H34N2O2. The van der Waals surface area contributed by atoms with E-state index in [0.717, 1.165) is 30.4 Å². The Morgan fingerprint density at radius 3 is 2.59 bits per heavy atom. The second-order valence-electron chi connectivity index (χ2n) is 10.1. The van der Waals surface area contributed by atoms with Crippen molar-refractivity contribution in [1.82, 2.24) is 5.32 Å². The SMILES string of the molecule is C=N[C@@H](Cc1ccc(O)cc1C)C(=O)N[C@@H]1CCC(C)(C)c2ccc(Cc3ccccc3)cc21. The highest BCUT2D eigenvalue weighted by atomic mass is 16.3. The molecule has 0 unspecified atom stereocenters. The van der Waals surface area contributed by atoms with Crippen LogP contribution in [0.25, 0.3) is 0 Å². The zero-order valence-corrected chi connectivity index (χ0v) is 20.3. The Balaban J connectivity index is 1.56. The molecule has 2 N–H and O–H groups in total. The van der Waals surface area contributed by atoms with Gasteiger partial charge in [-0.2, -0.15) is 0 Å². The van der Waals surface area contributed by atoms with Gasteiger partial charge in [0, 0.05) is 6.42 Å². The summed E-state index contributed by atoms with van der Waals surface area (Å²) in [7, 11) is 0. The van der Waals surface area contributed by atoms with Crippen molar-refractivity contribution < 1.29 is 9.90 Å². The Labute approximate surface area is 202 Å². The minimum atomic E-state index is -0.575. The van der Waals surface area contributed by atoms with Gasteiger partial charge in [-0.15, -0.1) is 0 Å². The molecule has 0 saturated heterocycles. The molecule has 0 bridgehead atoms. The average Bonchev–Trinajstić information content (AvgIpc) is 2.81. The molecule has 34 heavy (non-hydrogen) atoms. The third-order valence-corrected chi connectivity index (χ3v) is 7.11. The molecule has 3 aromatic carbocycles. The summed E-state index contributed by atoms with van der Waals surface area (Å²) in [5.41, 5.74) is 7.04. The molecule has 4 heteroatoms. The zero-order valence-electron chi connectivity index (χ0n) is 20.3. The van der Waals surface area contributed by atoms with Crippen LogP contribution in [-0.4, -0.2) is 23.8 Å². The third-order valence-electron chi connectivity index (χ3n) is 7.11. The van der Waals surface area contributed by atoms with E-state index in [2.05, 4.69) is 73.3 Å². The Morgan fingerprint density at radius 1 is 1.12 bits per heavy atom. The highest BCUT2D eigenvalue weighted by Crippen LogP contribution is 2.42. The van der Waals surface area contributed by atoms with Gasteiger partial charge in [0.2, 0.25) is 5.91 Å². The largest absolute Gasteiger partial charge is 0.508 e. The number of aliphatic imine (C=N–C) groups is 1. The number of rotatable bonds is 7. The molecule has 176 valence electrons. The quantitative estimate of drug-likeness (QED) is 0.441. The van der Waals surface area contributed by atoms with Gasteiger partial charge in [0.1, 0.15) is 11.8 Å². The topological polar surface area (TPSA) is 61.7 Å². The summed E-state index contributed by atoms with van der Waals surface area (Å²) in [5.74, 6) is 0.119. The number of hydrogen-bond donors (Lipinski definition) is 2. The number of fused-ring (bicyclic) bond motifs is 1. The van der Waals surface area contributed by atoms with E-state index < -0.39 is 6.04 Å². The second kappa shape index (κ2) is 9.84. The minimum Gasteiger partial charge on any atom is -0.508 e. The molecule has 1 aliphatic carbocycles. The van der Waals surface area contributed by atoms with Crippen molar-refractivity contribution in [2.24, 2.45) is 4.99 Å². The van der Waals surface area contributed by atoms with Crippen molar-refractivity contribution in [3.05, 3.63) is 100 Å². The van der Waals surface area contributed by atoms with E-state index in [0.29, 0.717) is 6.42 Å². The molecule has 0 saturated carbocycles. The van der Waals surface area contributed by atoms with Crippen LogP contribution in [-0.2, 0) is 23.1 Å². The van der Waals surface area contributed by atoms with Crippen molar-refractivity contribution in [3.63, 3.8) is 0 Å². The lowest BCUT2D eigenvalue weighted by Crippen LogP contribution is -2.40. The number of aryl methyl sites for hydroxylation is 1. The molecule has 0 heterocycles. The number of hydrogen-bond acceptors (Lipinski definition) is 3. The fraction of sp³-hybridized carbons (Fsp3) is 0.333. The first-order valence-electron chi connectivity index (χ1n) is 12.0. The van der Waals surface area contributed by atoms with Crippen molar-refractivity contribution in [1.29, 1.82) is 0 Å². The Bertz CT molecular complexity index is 1180. The first-order valence-corrected chi connectivity index (χ1v) is 12.0. The van der Waals surface area contributed by atoms with Crippen LogP contribution in [0.3, 0.4) is 0 Å². The number of phenols is 1. The van der Waals surface area contributed by atoms with E-state index >= 15 is 0 Å². The number of benzene rings is 3. The summed E-state index contributed by atoms with van der Waals surface area (Å²) < 4.78 is 0. The van der Waals surface area contributed by atoms with Gasteiger partial charge in [0.25, 0.3) is 0 Å². The number of carbonyl (C=O) groups excluding carboxylic acids is 1. The van der Waals surface area contributed by atoms with Gasteiger partial charge in [-0.05, 0) is 83.8 Å². The van der Waals surface area contributed by atoms with Crippen LogP contribution in [0.5, 0.6) is 5.75 Å². The molecule has 3 aromatic rings. The Morgan fingerprint density at radius 2 is 1.88 bits per heavy atom. The molecule has 2 atom stereocenters. The smallest absolute Gasteiger partial charge is 0.245 e. The van der Waals surface area contributed by atoms with E-state index in [-0.39, 0.29) is 23.1 Å². The summed E-state index contributed by atoms with van der Waals surface area (Å²) in [5, 5.41) is 13.0. The summed E-state index contributed by atoms with van der Waals surface area (Å²) in [6.07, 6.45) is 3.22. The fourth-order valence-corrected chi connectivity index (χ4v) is 5.03. The molecule has 0 aromatic heterocycles. The maximum Gasteiger partial charge on any atom is 0.245 e. The molecule has 1 amide bonds. The maximum absolute atomic E-state index is 13.3. The molecule has 4 rings (SSSR count). The maximum atomic E-state index is 13.3. The van der Waals surface area contributed by atoms with E-state index in [1.165, 1.54) is 22.3 Å². The highest BCUT2D eigenvalue weighted by molar-refractivity contribution is 5.83. The van der Waals surface area contributed by atoms with Crippen LogP contribution < -0.4 is 5.32 Å². The predicted molar refractivity (Wildman–Crippen MR) is 139 cm³/mol. The van der Waals surface area contributed by atoms with Crippen LogP contribution in [0.2, 0.25) is 0 Å². The third kappa shape index (κ3) is 5.22. The zero-order chi connectivity index (χ0) is 24.3. The highest BCUT2D eigenvalue weighted by Gasteiger charge is 2.34. The van der Waals surface area contributed by atoms with E-state index in [4.69, 9.17) is 0 Å².